The van der Waals surface area contributed by atoms with Gasteiger partial charge in [0.25, 0.3) is 10.1 Å². The fourth-order valence-corrected chi connectivity index (χ4v) is 10.2. The van der Waals surface area contributed by atoms with Crippen molar-refractivity contribution in [2.75, 3.05) is 23.7 Å². The van der Waals surface area contributed by atoms with Gasteiger partial charge in [0.05, 0.1) is 5.41 Å². The lowest BCUT2D eigenvalue weighted by Gasteiger charge is -2.27. The number of halogens is 8. The van der Waals surface area contributed by atoms with Gasteiger partial charge >= 0.3 is 18.0 Å². The molecule has 3 aliphatic rings. The van der Waals surface area contributed by atoms with Gasteiger partial charge in [-0.3, -0.25) is 4.55 Å². The van der Waals surface area contributed by atoms with E-state index in [4.69, 9.17) is 16.2 Å². The largest absolute Gasteiger partial charge is 0.459 e. The Bertz CT molecular complexity index is 2700. The molecule has 0 fully saturated rings. The van der Waals surface area contributed by atoms with E-state index in [1.54, 1.807) is 0 Å². The van der Waals surface area contributed by atoms with Crippen LogP contribution in [0.5, 0.6) is 0 Å². The highest BCUT2D eigenvalue weighted by molar-refractivity contribution is 7.85. The van der Waals surface area contributed by atoms with Gasteiger partial charge < -0.3 is 4.90 Å². The molecular formula is C50H55ClF7N2O3S+. The van der Waals surface area contributed by atoms with Crippen molar-refractivity contribution in [2.45, 2.75) is 115 Å². The number of hydrogen-bond acceptors (Lipinski definition) is 3. The predicted octanol–water partition coefficient (Wildman–Crippen LogP) is 14.5. The molecule has 1 aliphatic carbocycles. The third kappa shape index (κ3) is 9.45. The van der Waals surface area contributed by atoms with Crippen LogP contribution in [-0.4, -0.2) is 60.1 Å². The maximum atomic E-state index is 12.2. The Morgan fingerprint density at radius 3 is 1.95 bits per heavy atom. The number of allylic oxidation sites excluding steroid dienone is 8. The van der Waals surface area contributed by atoms with E-state index in [2.05, 4.69) is 148 Å². The molecule has 2 aliphatic heterocycles. The summed E-state index contributed by atoms with van der Waals surface area (Å²) >= 11 is 7.33. The maximum Gasteiger partial charge on any atom is 0.459 e. The molecule has 0 spiro atoms. The number of fused-ring (bicyclic) bond motifs is 6. The van der Waals surface area contributed by atoms with Crippen molar-refractivity contribution in [2.24, 2.45) is 0 Å². The van der Waals surface area contributed by atoms with Crippen molar-refractivity contribution < 1.29 is 48.3 Å². The van der Waals surface area contributed by atoms with Gasteiger partial charge in [0.2, 0.25) is 5.69 Å². The summed E-state index contributed by atoms with van der Waals surface area (Å²) in [5.74, 6) is -15.5. The van der Waals surface area contributed by atoms with Crippen LogP contribution in [0.25, 0.3) is 21.5 Å². The van der Waals surface area contributed by atoms with Crippen LogP contribution in [0.3, 0.4) is 0 Å². The normalized spacial score (nSPS) is 19.0. The zero-order valence-corrected chi connectivity index (χ0v) is 38.5. The molecule has 2 heterocycles. The first kappa shape index (κ1) is 49.0. The summed E-state index contributed by atoms with van der Waals surface area (Å²) in [6.45, 7) is 16.2. The molecule has 0 amide bonds. The predicted molar refractivity (Wildman–Crippen MR) is 245 cm³/mol. The quantitative estimate of drug-likeness (QED) is 0.0873. The summed E-state index contributed by atoms with van der Waals surface area (Å²) in [7, 11) is -5.66. The minimum absolute atomic E-state index is 0.111. The Morgan fingerprint density at radius 1 is 0.766 bits per heavy atom. The van der Waals surface area contributed by atoms with Gasteiger partial charge in [-0.2, -0.15) is 43.7 Å². The fraction of sp³-hybridized carbons (Fsp3) is 0.420. The second kappa shape index (κ2) is 18.4. The lowest BCUT2D eigenvalue weighted by atomic mass is 9.78. The Kier molecular flexibility index (Phi) is 14.1. The molecule has 0 unspecified atom stereocenters. The van der Waals surface area contributed by atoms with Crippen molar-refractivity contribution in [1.82, 2.24) is 0 Å². The third-order valence-electron chi connectivity index (χ3n) is 12.5. The minimum atomic E-state index is -6.61. The van der Waals surface area contributed by atoms with Crippen molar-refractivity contribution in [3.05, 3.63) is 130 Å². The number of alkyl halides is 7. The summed E-state index contributed by atoms with van der Waals surface area (Å²) in [4.78, 5) is 2.58. The van der Waals surface area contributed by atoms with Gasteiger partial charge in [-0.1, -0.05) is 119 Å². The number of unbranched alkanes of at least 4 members (excludes halogenated alkanes) is 2. The fourth-order valence-electron chi connectivity index (χ4n) is 9.28. The summed E-state index contributed by atoms with van der Waals surface area (Å²) < 4.78 is 112. The third-order valence-corrected chi connectivity index (χ3v) is 13.7. The first-order chi connectivity index (χ1) is 29.9. The van der Waals surface area contributed by atoms with Crippen molar-refractivity contribution in [3.8, 4) is 0 Å². The van der Waals surface area contributed by atoms with Crippen LogP contribution in [0.1, 0.15) is 97.6 Å². The molecule has 0 saturated carbocycles. The van der Waals surface area contributed by atoms with Crippen LogP contribution in [0.15, 0.2) is 119 Å². The van der Waals surface area contributed by atoms with E-state index in [0.717, 1.165) is 50.2 Å². The minimum Gasteiger partial charge on any atom is -0.344 e. The average molecular weight is 933 g/mol. The summed E-state index contributed by atoms with van der Waals surface area (Å²) in [5.41, 5.74) is 10.6. The highest BCUT2D eigenvalue weighted by atomic mass is 35.5. The molecule has 344 valence electrons. The number of rotatable bonds is 12. The molecule has 0 bridgehead atoms. The summed E-state index contributed by atoms with van der Waals surface area (Å²) in [6.07, 6.45) is 10.6. The Morgan fingerprint density at radius 2 is 1.36 bits per heavy atom. The van der Waals surface area contributed by atoms with Crippen LogP contribution in [-0.2, 0) is 20.9 Å². The van der Waals surface area contributed by atoms with E-state index in [0.29, 0.717) is 0 Å². The molecule has 0 atom stereocenters. The van der Waals surface area contributed by atoms with Gasteiger partial charge in [0.15, 0.2) is 5.71 Å². The van der Waals surface area contributed by atoms with Crippen LogP contribution in [0, 0.1) is 0 Å². The number of anilines is 1. The number of benzene rings is 4. The molecule has 5 nitrogen and oxygen atoms in total. The zero-order valence-electron chi connectivity index (χ0n) is 36.9. The highest BCUT2D eigenvalue weighted by Gasteiger charge is 2.73. The first-order valence-corrected chi connectivity index (χ1v) is 23.6. The molecule has 4 aromatic rings. The first-order valence-electron chi connectivity index (χ1n) is 21.6. The van der Waals surface area contributed by atoms with E-state index < -0.39 is 33.9 Å². The smallest absolute Gasteiger partial charge is 0.344 e. The lowest BCUT2D eigenvalue weighted by Crippen LogP contribution is -2.55. The zero-order chi connectivity index (χ0) is 47.0. The van der Waals surface area contributed by atoms with Gasteiger partial charge in [0, 0.05) is 52.5 Å². The van der Waals surface area contributed by atoms with Gasteiger partial charge in [-0.15, -0.1) is 0 Å². The standard InChI is InChI=1S/C46H52ClN2.C4H3F7O3S/c1-7-9-30-48-38-26-22-32-16-11-13-20-36(32)42(38)45(3,4)40(48)28-24-34-18-15-19-35(44(34)47)25-29-41-46(5,6)43-37-21-14-12-17-33(37)23-27-39(43)49(41)31-10-8-2;5-2(6,1-15(12,13)14)3(7,8)4(9,10)11/h11-14,16-17,20-29H,7-10,15,18-19,30-31H2,1-6H3;1H2,(H,12,13,14)/q+1;. The van der Waals surface area contributed by atoms with E-state index in [-0.39, 0.29) is 10.8 Å². The molecule has 1 N–H and O–H groups in total. The van der Waals surface area contributed by atoms with Crippen LogP contribution in [0.4, 0.5) is 42.1 Å². The maximum absolute atomic E-state index is 12.2. The van der Waals surface area contributed by atoms with Crippen LogP contribution < -0.4 is 4.90 Å². The second-order valence-electron chi connectivity index (χ2n) is 17.8. The van der Waals surface area contributed by atoms with Crippen molar-refractivity contribution in [1.29, 1.82) is 0 Å². The monoisotopic (exact) mass is 931 g/mol. The molecule has 7 rings (SSSR count). The topological polar surface area (TPSA) is 60.6 Å². The van der Waals surface area contributed by atoms with E-state index in [1.807, 2.05) is 0 Å². The molecular weight excluding hydrogens is 877 g/mol. The highest BCUT2D eigenvalue weighted by Crippen LogP contribution is 2.52. The lowest BCUT2D eigenvalue weighted by molar-refractivity contribution is -0.438. The van der Waals surface area contributed by atoms with Gasteiger partial charge in [-0.25, -0.2) is 0 Å². The van der Waals surface area contributed by atoms with E-state index >= 15 is 0 Å². The molecule has 0 radical (unpaired) electrons. The van der Waals surface area contributed by atoms with E-state index in [9.17, 15) is 39.2 Å². The van der Waals surface area contributed by atoms with Gasteiger partial charge in [-0.05, 0) is 96.0 Å². The van der Waals surface area contributed by atoms with Crippen molar-refractivity contribution in [3.63, 3.8) is 0 Å². The second-order valence-corrected chi connectivity index (χ2v) is 19.6. The molecule has 64 heavy (non-hydrogen) atoms. The van der Waals surface area contributed by atoms with Gasteiger partial charge in [0.1, 0.15) is 12.3 Å². The molecule has 14 heteroatoms. The van der Waals surface area contributed by atoms with E-state index in [1.165, 1.54) is 79.4 Å². The summed E-state index contributed by atoms with van der Waals surface area (Å²) in [6, 6.07) is 27.0. The Balaban J connectivity index is 0.000000390. The molecule has 4 aromatic carbocycles. The number of nitrogens with zero attached hydrogens (tertiary/aromatic N) is 2. The molecule has 0 saturated heterocycles. The van der Waals surface area contributed by atoms with Crippen LogP contribution >= 0.6 is 11.6 Å². The average Bonchev–Trinajstić information content (AvgIpc) is 3.58. The van der Waals surface area contributed by atoms with Crippen LogP contribution in [0.2, 0.25) is 0 Å². The van der Waals surface area contributed by atoms with Crippen molar-refractivity contribution >= 4 is 60.4 Å². The SMILES string of the molecule is CCCCN1/C(=C/C=C2CCCC(/C=C/C3=[N+](CCCC)c4ccc5ccccc5c4C3(C)C)=C2Cl)C(C)(C)c2c1ccc1ccccc21.O=S(=O)(O)CC(F)(F)C(F)(F)C(F)(F)F. The molecule has 0 aromatic heterocycles. The Labute approximate surface area is 376 Å². The number of hydrogen-bond donors (Lipinski definition) is 1. The summed E-state index contributed by atoms with van der Waals surface area (Å²) in [5, 5.41) is 6.28. The Hall–Kier alpha value is -4.46.